The number of carbonyl (C=O) groups is 2. The van der Waals surface area contributed by atoms with E-state index in [1.165, 1.54) is 27.8 Å². The zero-order valence-electron chi connectivity index (χ0n) is 47.2. The van der Waals surface area contributed by atoms with Crippen LogP contribution in [0.2, 0.25) is 0 Å². The first-order valence-corrected chi connectivity index (χ1v) is 29.3. The maximum absolute atomic E-state index is 16.0. The van der Waals surface area contributed by atoms with Crippen molar-refractivity contribution in [2.75, 3.05) is 43.5 Å². The number of nitrogens with zero attached hydrogens (tertiary/aromatic N) is 8. The van der Waals surface area contributed by atoms with Crippen molar-refractivity contribution in [3.05, 3.63) is 131 Å². The van der Waals surface area contributed by atoms with E-state index in [0.717, 1.165) is 36.3 Å². The number of aliphatic hydroxyl groups is 1. The fourth-order valence-corrected chi connectivity index (χ4v) is 13.3. The number of rotatable bonds is 15. The Bertz CT molecular complexity index is 3970. The fourth-order valence-electron chi connectivity index (χ4n) is 12.3. The van der Waals surface area contributed by atoms with Gasteiger partial charge < -0.3 is 45.5 Å². The van der Waals surface area contributed by atoms with E-state index in [-0.39, 0.29) is 98.0 Å². The summed E-state index contributed by atoms with van der Waals surface area (Å²) in [7, 11) is 0. The van der Waals surface area contributed by atoms with E-state index in [0.29, 0.717) is 73.7 Å². The number of ether oxygens (including phenoxy) is 3. The summed E-state index contributed by atoms with van der Waals surface area (Å²) in [5.74, 6) is -5.50. The molecule has 3 aromatic heterocycles. The van der Waals surface area contributed by atoms with Crippen LogP contribution in [0, 0.1) is 40.5 Å². The van der Waals surface area contributed by atoms with Crippen LogP contribution in [0.4, 0.5) is 41.6 Å². The number of carbonyl (C=O) groups excluding carboxylic acids is 2. The SMILES string of the molecule is CC(C)[C@@H](C(=O)N1C[C@H](O)C[C@H]1C(=O)N[C@@H](C)c1ccc(-c2c(F)cc(F)cc2F)cc1)n1cc(-c2ccc(COc3c(-c4ccc(F)c5sc(N)c(C#N)c45)c(C(F)(F)F)cc4c(N5CC6CCC(C5)N6)nc(OC5CCOCC5)nc34)cc2)nn1. The number of anilines is 2. The molecule has 87 heavy (non-hydrogen) atoms. The van der Waals surface area contributed by atoms with Gasteiger partial charge in [-0.3, -0.25) is 9.59 Å². The molecule has 5 N–H and O–H groups in total. The predicted molar refractivity (Wildman–Crippen MR) is 309 cm³/mol. The number of benzene rings is 5. The summed E-state index contributed by atoms with van der Waals surface area (Å²) in [6, 6.07) is 16.5. The Morgan fingerprint density at radius 1 is 0.897 bits per heavy atom. The molecule has 7 heterocycles. The fraction of sp³-hybridized carbons (Fsp3) is 0.371. The number of nitrogens with one attached hydrogen (secondary N) is 2. The first-order chi connectivity index (χ1) is 41.7. The highest BCUT2D eigenvalue weighted by atomic mass is 32.1. The van der Waals surface area contributed by atoms with E-state index in [1.54, 1.807) is 63.4 Å². The predicted octanol–water partition coefficient (Wildman–Crippen LogP) is 10.6. The Morgan fingerprint density at radius 2 is 1.59 bits per heavy atom. The largest absolute Gasteiger partial charge is 0.486 e. The van der Waals surface area contributed by atoms with Crippen LogP contribution in [0.1, 0.15) is 87.2 Å². The molecule has 2 amide bonds. The number of alkyl halides is 3. The van der Waals surface area contributed by atoms with Crippen LogP contribution < -0.4 is 30.7 Å². The van der Waals surface area contributed by atoms with Crippen LogP contribution in [0.3, 0.4) is 0 Å². The van der Waals surface area contributed by atoms with E-state index in [2.05, 4.69) is 20.9 Å². The molecule has 4 saturated heterocycles. The molecular formula is C62H58F7N11O6S. The van der Waals surface area contributed by atoms with Gasteiger partial charge in [-0.25, -0.2) is 22.2 Å². The highest BCUT2D eigenvalue weighted by molar-refractivity contribution is 7.23. The van der Waals surface area contributed by atoms with Crippen molar-refractivity contribution in [3.8, 4) is 51.3 Å². The van der Waals surface area contributed by atoms with Gasteiger partial charge in [0.2, 0.25) is 11.8 Å². The van der Waals surface area contributed by atoms with E-state index < -0.39 is 88.1 Å². The summed E-state index contributed by atoms with van der Waals surface area (Å²) in [6.07, 6.45) is -2.12. The van der Waals surface area contributed by atoms with Crippen molar-refractivity contribution in [1.82, 2.24) is 40.5 Å². The maximum Gasteiger partial charge on any atom is 0.417 e. The maximum atomic E-state index is 16.0. The van der Waals surface area contributed by atoms with Crippen molar-refractivity contribution in [3.63, 3.8) is 0 Å². The third-order valence-corrected chi connectivity index (χ3v) is 17.6. The van der Waals surface area contributed by atoms with Crippen molar-refractivity contribution in [2.45, 2.75) is 108 Å². The van der Waals surface area contributed by atoms with Crippen molar-refractivity contribution in [2.24, 2.45) is 5.92 Å². The van der Waals surface area contributed by atoms with E-state index in [1.807, 2.05) is 11.0 Å². The molecule has 6 atom stereocenters. The standard InChI is InChI=1S/C62H58F7N11O6S/c1-30(2)54(60(83)79-27-39(81)22-49(79)59(82)72-31(3)33-8-10-35(11-9-33)50-46(65)20-36(63)21-47(50)66)80-28-48(76-77-80)34-6-4-32(5-7-34)29-85-55-52(41-14-15-45(64)56-51(41)43(24-70)57(71)87-56)44(62(67,68)69)23-42-53(55)74-61(86-40-16-18-84-19-17-40)75-58(42)78-25-37-12-13-38(26-78)73-37/h4-11,14-15,20-21,23,28,30-31,37-40,49,54,73,81H,12-13,16-19,22,25-27,29,71H2,1-3H3,(H,72,82)/t31-,37?,38?,39+,49-,54-/m0/s1. The molecule has 2 bridgehead atoms. The zero-order chi connectivity index (χ0) is 61.2. The minimum absolute atomic E-state index is 0.00642. The third-order valence-electron chi connectivity index (χ3n) is 16.6. The minimum Gasteiger partial charge on any atom is -0.486 e. The van der Waals surface area contributed by atoms with Gasteiger partial charge in [-0.1, -0.05) is 73.7 Å². The smallest absolute Gasteiger partial charge is 0.417 e. The molecule has 0 spiro atoms. The number of amides is 2. The molecule has 2 unspecified atom stereocenters. The average Bonchev–Trinajstić information content (AvgIpc) is 1.29. The van der Waals surface area contributed by atoms with Crippen LogP contribution in [-0.4, -0.2) is 110 Å². The molecule has 0 aliphatic carbocycles. The molecule has 4 aliphatic heterocycles. The normalized spacial score (nSPS) is 19.7. The average molecular weight is 1220 g/mol. The molecule has 4 aliphatic rings. The number of likely N-dealkylation sites (tertiary alicyclic amines) is 1. The highest BCUT2D eigenvalue weighted by Gasteiger charge is 2.44. The van der Waals surface area contributed by atoms with Gasteiger partial charge >= 0.3 is 12.2 Å². The van der Waals surface area contributed by atoms with Gasteiger partial charge in [-0.05, 0) is 60.1 Å². The number of β-amino-alcohol motifs (C(OH)–C–C–N with tert-alkyl or cyclic N) is 1. The highest BCUT2D eigenvalue weighted by Crippen LogP contribution is 2.52. The number of piperazine rings is 1. The lowest BCUT2D eigenvalue weighted by Gasteiger charge is -2.35. The van der Waals surface area contributed by atoms with Gasteiger partial charge in [-0.2, -0.15) is 28.4 Å². The van der Waals surface area contributed by atoms with Gasteiger partial charge in [0.15, 0.2) is 5.75 Å². The summed E-state index contributed by atoms with van der Waals surface area (Å²) in [5, 5.41) is 36.3. The number of halogens is 7. The monoisotopic (exact) mass is 1220 g/mol. The summed E-state index contributed by atoms with van der Waals surface area (Å²) in [4.78, 5) is 41.5. The van der Waals surface area contributed by atoms with Crippen molar-refractivity contribution in [1.29, 1.82) is 5.26 Å². The quantitative estimate of drug-likeness (QED) is 0.0702. The van der Waals surface area contributed by atoms with E-state index in [9.17, 15) is 33.1 Å². The summed E-state index contributed by atoms with van der Waals surface area (Å²) in [6.45, 7) is 6.57. The number of nitriles is 1. The Balaban J connectivity index is 0.837. The van der Waals surface area contributed by atoms with E-state index >= 15 is 17.6 Å². The molecule has 25 heteroatoms. The number of nitrogens with two attached hydrogens (primary N) is 1. The van der Waals surface area contributed by atoms with Gasteiger partial charge in [0, 0.05) is 85.0 Å². The van der Waals surface area contributed by atoms with Crippen molar-refractivity contribution >= 4 is 55.0 Å². The van der Waals surface area contributed by atoms with Crippen LogP contribution in [0.25, 0.3) is 54.5 Å². The van der Waals surface area contributed by atoms with E-state index in [4.69, 9.17) is 29.9 Å². The molecule has 12 rings (SSSR count). The zero-order valence-corrected chi connectivity index (χ0v) is 48.0. The molecule has 0 radical (unpaired) electrons. The Labute approximate surface area is 497 Å². The number of aliphatic hydroxyl groups excluding tert-OH is 1. The second-order valence-corrected chi connectivity index (χ2v) is 23.9. The number of thiophene rings is 1. The number of aromatic nitrogens is 5. The molecule has 4 fully saturated rings. The van der Waals surface area contributed by atoms with Crippen molar-refractivity contribution < 1.29 is 59.6 Å². The minimum atomic E-state index is -5.05. The second-order valence-electron chi connectivity index (χ2n) is 22.8. The summed E-state index contributed by atoms with van der Waals surface area (Å²) in [5.41, 5.74) is 5.97. The topological polar surface area (TPSA) is 219 Å². The molecule has 5 aromatic carbocycles. The van der Waals surface area contributed by atoms with Crippen LogP contribution in [-0.2, 0) is 27.1 Å². The lowest BCUT2D eigenvalue weighted by Crippen LogP contribution is -2.51. The van der Waals surface area contributed by atoms with Gasteiger partial charge in [0.25, 0.3) is 0 Å². The lowest BCUT2D eigenvalue weighted by molar-refractivity contribution is -0.142. The number of hydrogen-bond donors (Lipinski definition) is 4. The number of nitrogen functional groups attached to an aromatic ring is 1. The summed E-state index contributed by atoms with van der Waals surface area (Å²) >= 11 is 0.750. The van der Waals surface area contributed by atoms with Crippen LogP contribution in [0.15, 0.2) is 85.1 Å². The molecule has 0 saturated carbocycles. The van der Waals surface area contributed by atoms with Crippen LogP contribution in [0.5, 0.6) is 11.8 Å². The van der Waals surface area contributed by atoms with Gasteiger partial charge in [0.05, 0.1) is 52.9 Å². The first-order valence-electron chi connectivity index (χ1n) is 28.5. The molecule has 8 aromatic rings. The number of hydrogen-bond acceptors (Lipinski definition) is 15. The lowest BCUT2D eigenvalue weighted by atomic mass is 9.92. The Morgan fingerprint density at radius 3 is 2.25 bits per heavy atom. The molecular weight excluding hydrogens is 1160 g/mol. The molecule has 17 nitrogen and oxygen atoms in total. The Kier molecular flexibility index (Phi) is 16.0. The Hall–Kier alpha value is -8.44. The first kappa shape index (κ1) is 58.9. The number of fused-ring (bicyclic) bond motifs is 4. The van der Waals surface area contributed by atoms with Gasteiger partial charge in [0.1, 0.15) is 76.2 Å². The van der Waals surface area contributed by atoms with Crippen LogP contribution >= 0.6 is 11.3 Å². The summed E-state index contributed by atoms with van der Waals surface area (Å²) < 4.78 is 126. The second kappa shape index (κ2) is 23.7. The third kappa shape index (κ3) is 11.6. The van der Waals surface area contributed by atoms with Gasteiger partial charge in [-0.15, -0.1) is 16.4 Å². The molecule has 452 valence electrons.